The van der Waals surface area contributed by atoms with Gasteiger partial charge in [-0.3, -0.25) is 11.3 Å². The second-order valence-corrected chi connectivity index (χ2v) is 5.17. The smallest absolute Gasteiger partial charge is 0.128 e. The zero-order valence-electron chi connectivity index (χ0n) is 10.2. The predicted molar refractivity (Wildman–Crippen MR) is 69.8 cm³/mol. The lowest BCUT2D eigenvalue weighted by atomic mass is 9.93. The fourth-order valence-electron chi connectivity index (χ4n) is 1.91. The highest BCUT2D eigenvalue weighted by Gasteiger charge is 2.27. The molecule has 5 heteroatoms. The number of hydrogen-bond donors (Lipinski definition) is 2. The Morgan fingerprint density at radius 2 is 2.06 bits per heavy atom. The third kappa shape index (κ3) is 3.48. The first kappa shape index (κ1) is 14.6. The Kier molecular flexibility index (Phi) is 5.52. The van der Waals surface area contributed by atoms with E-state index in [1.807, 2.05) is 13.8 Å². The molecule has 3 nitrogen and oxygen atoms in total. The van der Waals surface area contributed by atoms with E-state index in [9.17, 15) is 4.39 Å². The topological polar surface area (TPSA) is 47.3 Å². The molecule has 0 aliphatic rings. The molecule has 2 unspecified atom stereocenters. The van der Waals surface area contributed by atoms with Gasteiger partial charge in [0.25, 0.3) is 0 Å². The average Bonchev–Trinajstić information content (AvgIpc) is 2.28. The highest BCUT2D eigenvalue weighted by molar-refractivity contribution is 9.10. The lowest BCUT2D eigenvalue weighted by molar-refractivity contribution is 0.0316. The number of methoxy groups -OCH3 is 1. The molecule has 0 spiro atoms. The van der Waals surface area contributed by atoms with E-state index in [0.717, 1.165) is 4.47 Å². The summed E-state index contributed by atoms with van der Waals surface area (Å²) in [5.41, 5.74) is 3.14. The SMILES string of the molecule is COC(C(C)C)C(NN)c1cc(Br)ccc1F. The third-order valence-electron chi connectivity index (χ3n) is 2.73. The summed E-state index contributed by atoms with van der Waals surface area (Å²) >= 11 is 3.33. The molecule has 0 saturated carbocycles. The van der Waals surface area contributed by atoms with Crippen LogP contribution in [-0.4, -0.2) is 13.2 Å². The van der Waals surface area contributed by atoms with Gasteiger partial charge in [0.2, 0.25) is 0 Å². The molecular weight excluding hydrogens is 287 g/mol. The summed E-state index contributed by atoms with van der Waals surface area (Å²) in [6, 6.07) is 4.41. The predicted octanol–water partition coefficient (Wildman–Crippen LogP) is 2.76. The number of hydrogen-bond acceptors (Lipinski definition) is 3. The molecule has 0 bridgehead atoms. The average molecular weight is 305 g/mol. The van der Waals surface area contributed by atoms with E-state index in [-0.39, 0.29) is 23.9 Å². The summed E-state index contributed by atoms with van der Waals surface area (Å²) in [5.74, 6) is 5.46. The molecule has 2 atom stereocenters. The zero-order chi connectivity index (χ0) is 13.0. The van der Waals surface area contributed by atoms with Crippen molar-refractivity contribution in [2.24, 2.45) is 11.8 Å². The van der Waals surface area contributed by atoms with Crippen molar-refractivity contribution in [3.8, 4) is 0 Å². The largest absolute Gasteiger partial charge is 0.379 e. The quantitative estimate of drug-likeness (QED) is 0.649. The number of nitrogens with one attached hydrogen (secondary N) is 1. The molecule has 1 aromatic rings. The molecule has 0 radical (unpaired) electrons. The normalized spacial score (nSPS) is 15.0. The maximum absolute atomic E-state index is 13.8. The summed E-state index contributed by atoms with van der Waals surface area (Å²) < 4.78 is 20.0. The zero-order valence-corrected chi connectivity index (χ0v) is 11.8. The van der Waals surface area contributed by atoms with Crippen LogP contribution in [0.5, 0.6) is 0 Å². The number of benzene rings is 1. The van der Waals surface area contributed by atoms with Gasteiger partial charge in [-0.05, 0) is 24.1 Å². The summed E-state index contributed by atoms with van der Waals surface area (Å²) in [6.45, 7) is 4.02. The molecule has 0 heterocycles. The van der Waals surface area contributed by atoms with Gasteiger partial charge >= 0.3 is 0 Å². The van der Waals surface area contributed by atoms with E-state index >= 15 is 0 Å². The molecule has 3 N–H and O–H groups in total. The molecule has 0 aliphatic heterocycles. The first-order valence-corrected chi connectivity index (χ1v) is 6.24. The van der Waals surface area contributed by atoms with Gasteiger partial charge in [-0.1, -0.05) is 29.8 Å². The van der Waals surface area contributed by atoms with E-state index in [0.29, 0.717) is 5.56 Å². The maximum Gasteiger partial charge on any atom is 0.128 e. The summed E-state index contributed by atoms with van der Waals surface area (Å²) in [4.78, 5) is 0. The van der Waals surface area contributed by atoms with Crippen LogP contribution in [0.1, 0.15) is 25.5 Å². The standard InChI is InChI=1S/C12H18BrFN2O/c1-7(2)12(17-3)11(16-15)9-6-8(13)4-5-10(9)14/h4-7,11-12,16H,15H2,1-3H3. The number of hydrazine groups is 1. The van der Waals surface area contributed by atoms with Gasteiger partial charge in [0.15, 0.2) is 0 Å². The second kappa shape index (κ2) is 6.44. The molecule has 17 heavy (non-hydrogen) atoms. The number of nitrogens with two attached hydrogens (primary N) is 1. The van der Waals surface area contributed by atoms with Crippen molar-refractivity contribution in [3.05, 3.63) is 34.1 Å². The Morgan fingerprint density at radius 1 is 1.41 bits per heavy atom. The van der Waals surface area contributed by atoms with Gasteiger partial charge in [0.1, 0.15) is 5.82 Å². The fourth-order valence-corrected chi connectivity index (χ4v) is 2.29. The van der Waals surface area contributed by atoms with Crippen LogP contribution >= 0.6 is 15.9 Å². The van der Waals surface area contributed by atoms with Crippen molar-refractivity contribution in [2.45, 2.75) is 26.0 Å². The summed E-state index contributed by atoms with van der Waals surface area (Å²) in [6.07, 6.45) is -0.191. The fraction of sp³-hybridized carbons (Fsp3) is 0.500. The highest BCUT2D eigenvalue weighted by atomic mass is 79.9. The van der Waals surface area contributed by atoms with Gasteiger partial charge in [-0.15, -0.1) is 0 Å². The highest BCUT2D eigenvalue weighted by Crippen LogP contribution is 2.28. The lowest BCUT2D eigenvalue weighted by Crippen LogP contribution is -2.40. The lowest BCUT2D eigenvalue weighted by Gasteiger charge is -2.29. The van der Waals surface area contributed by atoms with E-state index < -0.39 is 0 Å². The van der Waals surface area contributed by atoms with Crippen molar-refractivity contribution in [3.63, 3.8) is 0 Å². The van der Waals surface area contributed by atoms with E-state index in [2.05, 4.69) is 21.4 Å². The Labute approximate surface area is 110 Å². The van der Waals surface area contributed by atoms with Crippen molar-refractivity contribution in [1.82, 2.24) is 5.43 Å². The monoisotopic (exact) mass is 304 g/mol. The number of rotatable bonds is 5. The molecule has 0 aromatic heterocycles. The van der Waals surface area contributed by atoms with Crippen LogP contribution in [0.25, 0.3) is 0 Å². The van der Waals surface area contributed by atoms with Gasteiger partial charge < -0.3 is 4.74 Å². The van der Waals surface area contributed by atoms with Crippen LogP contribution in [0.3, 0.4) is 0 Å². The Balaban J connectivity index is 3.11. The Morgan fingerprint density at radius 3 is 2.53 bits per heavy atom. The van der Waals surface area contributed by atoms with Crippen molar-refractivity contribution < 1.29 is 9.13 Å². The first-order valence-electron chi connectivity index (χ1n) is 5.45. The Hall–Kier alpha value is -0.490. The van der Waals surface area contributed by atoms with Gasteiger partial charge in [0.05, 0.1) is 12.1 Å². The van der Waals surface area contributed by atoms with Gasteiger partial charge in [0, 0.05) is 17.1 Å². The molecular formula is C12H18BrFN2O. The molecule has 0 saturated heterocycles. The van der Waals surface area contributed by atoms with Crippen LogP contribution in [0.15, 0.2) is 22.7 Å². The van der Waals surface area contributed by atoms with Crippen LogP contribution in [0.4, 0.5) is 4.39 Å². The first-order chi connectivity index (χ1) is 8.01. The molecule has 1 aromatic carbocycles. The van der Waals surface area contributed by atoms with Crippen LogP contribution in [0, 0.1) is 11.7 Å². The van der Waals surface area contributed by atoms with Gasteiger partial charge in [-0.25, -0.2) is 4.39 Å². The third-order valence-corrected chi connectivity index (χ3v) is 3.22. The minimum Gasteiger partial charge on any atom is -0.379 e. The molecule has 0 aliphatic carbocycles. The minimum absolute atomic E-state index is 0.191. The van der Waals surface area contributed by atoms with Crippen molar-refractivity contribution in [2.75, 3.05) is 7.11 Å². The summed E-state index contributed by atoms with van der Waals surface area (Å²) in [5, 5.41) is 0. The number of ether oxygens (including phenoxy) is 1. The van der Waals surface area contributed by atoms with E-state index in [4.69, 9.17) is 10.6 Å². The Bertz CT molecular complexity index is 374. The molecule has 0 fully saturated rings. The minimum atomic E-state index is -0.377. The second-order valence-electron chi connectivity index (χ2n) is 4.25. The van der Waals surface area contributed by atoms with E-state index in [1.54, 1.807) is 19.2 Å². The van der Waals surface area contributed by atoms with Gasteiger partial charge in [-0.2, -0.15) is 0 Å². The number of halogens is 2. The van der Waals surface area contributed by atoms with Crippen LogP contribution in [0.2, 0.25) is 0 Å². The van der Waals surface area contributed by atoms with Crippen molar-refractivity contribution in [1.29, 1.82) is 0 Å². The van der Waals surface area contributed by atoms with E-state index in [1.165, 1.54) is 6.07 Å². The molecule has 96 valence electrons. The van der Waals surface area contributed by atoms with Crippen molar-refractivity contribution >= 4 is 15.9 Å². The summed E-state index contributed by atoms with van der Waals surface area (Å²) in [7, 11) is 1.60. The van der Waals surface area contributed by atoms with Crippen LogP contribution < -0.4 is 11.3 Å². The van der Waals surface area contributed by atoms with Crippen LogP contribution in [-0.2, 0) is 4.74 Å². The molecule has 1 rings (SSSR count). The molecule has 0 amide bonds. The maximum atomic E-state index is 13.8.